The third-order valence-electron chi connectivity index (χ3n) is 3.95. The summed E-state index contributed by atoms with van der Waals surface area (Å²) in [5.41, 5.74) is 2.38. The summed E-state index contributed by atoms with van der Waals surface area (Å²) in [5, 5.41) is 1.40. The summed E-state index contributed by atoms with van der Waals surface area (Å²) in [6.45, 7) is 3.37. The van der Waals surface area contributed by atoms with Crippen LogP contribution in [0.2, 0.25) is 10.0 Å². The Kier molecular flexibility index (Phi) is 4.84. The van der Waals surface area contributed by atoms with E-state index in [1.807, 2.05) is 31.2 Å². The molecule has 1 heterocycles. The van der Waals surface area contributed by atoms with Crippen LogP contribution in [0.3, 0.4) is 0 Å². The van der Waals surface area contributed by atoms with Crippen molar-refractivity contribution in [1.29, 1.82) is 0 Å². The number of para-hydroxylation sites is 1. The van der Waals surface area contributed by atoms with Crippen molar-refractivity contribution in [1.82, 2.24) is 4.98 Å². The lowest BCUT2D eigenvalue weighted by atomic mass is 10.0. The molecule has 25 heavy (non-hydrogen) atoms. The van der Waals surface area contributed by atoms with E-state index in [0.29, 0.717) is 10.6 Å². The molecular weight excluding hydrogens is 361 g/mol. The SMILES string of the molecule is Cc1[nH]c2ccccc2c1C(=O)[C@@H](C)OC(=O)c1ccc(Cl)c(Cl)c1. The van der Waals surface area contributed by atoms with Gasteiger partial charge in [-0.15, -0.1) is 0 Å². The number of hydrogen-bond acceptors (Lipinski definition) is 3. The minimum Gasteiger partial charge on any atom is -0.451 e. The molecule has 0 aliphatic carbocycles. The summed E-state index contributed by atoms with van der Waals surface area (Å²) in [5.74, 6) is -0.889. The minimum absolute atomic E-state index is 0.240. The Morgan fingerprint density at radius 3 is 2.52 bits per heavy atom. The normalized spacial score (nSPS) is 12.2. The van der Waals surface area contributed by atoms with Crippen LogP contribution in [-0.2, 0) is 4.74 Å². The molecule has 4 nitrogen and oxygen atoms in total. The van der Waals surface area contributed by atoms with E-state index in [1.165, 1.54) is 18.2 Å². The first-order valence-corrected chi connectivity index (χ1v) is 8.41. The molecule has 0 aliphatic rings. The lowest BCUT2D eigenvalue weighted by Crippen LogP contribution is -2.24. The van der Waals surface area contributed by atoms with E-state index < -0.39 is 12.1 Å². The summed E-state index contributed by atoms with van der Waals surface area (Å²) >= 11 is 11.8. The maximum atomic E-state index is 12.8. The van der Waals surface area contributed by atoms with E-state index in [2.05, 4.69) is 4.98 Å². The number of ketones is 1. The van der Waals surface area contributed by atoms with Gasteiger partial charge in [0, 0.05) is 22.2 Å². The highest BCUT2D eigenvalue weighted by Crippen LogP contribution is 2.25. The van der Waals surface area contributed by atoms with Crippen LogP contribution >= 0.6 is 23.2 Å². The highest BCUT2D eigenvalue weighted by atomic mass is 35.5. The first-order valence-electron chi connectivity index (χ1n) is 7.66. The van der Waals surface area contributed by atoms with Crippen LogP contribution in [0.15, 0.2) is 42.5 Å². The van der Waals surface area contributed by atoms with Gasteiger partial charge in [0.05, 0.1) is 15.6 Å². The van der Waals surface area contributed by atoms with Crippen molar-refractivity contribution in [3.05, 3.63) is 69.3 Å². The van der Waals surface area contributed by atoms with Gasteiger partial charge in [0.25, 0.3) is 0 Å². The van der Waals surface area contributed by atoms with E-state index in [1.54, 1.807) is 6.92 Å². The summed E-state index contributed by atoms with van der Waals surface area (Å²) in [7, 11) is 0. The smallest absolute Gasteiger partial charge is 0.338 e. The quantitative estimate of drug-likeness (QED) is 0.502. The molecule has 3 aromatic rings. The van der Waals surface area contributed by atoms with Crippen molar-refractivity contribution in [3.63, 3.8) is 0 Å². The van der Waals surface area contributed by atoms with E-state index >= 15 is 0 Å². The molecule has 0 bridgehead atoms. The van der Waals surface area contributed by atoms with E-state index in [-0.39, 0.29) is 16.4 Å². The van der Waals surface area contributed by atoms with E-state index in [0.717, 1.165) is 16.6 Å². The topological polar surface area (TPSA) is 59.2 Å². The van der Waals surface area contributed by atoms with Gasteiger partial charge in [0.2, 0.25) is 5.78 Å². The van der Waals surface area contributed by atoms with Crippen LogP contribution in [-0.4, -0.2) is 22.8 Å². The van der Waals surface area contributed by atoms with Gasteiger partial charge in [-0.25, -0.2) is 4.79 Å². The number of Topliss-reactive ketones (excluding diaryl/α,β-unsaturated/α-hetero) is 1. The highest BCUT2D eigenvalue weighted by Gasteiger charge is 2.25. The summed E-state index contributed by atoms with van der Waals surface area (Å²) in [6.07, 6.45) is -0.931. The number of aryl methyl sites for hydroxylation is 1. The number of carbonyl (C=O) groups is 2. The number of ether oxygens (including phenoxy) is 1. The molecule has 0 radical (unpaired) electrons. The number of halogens is 2. The number of rotatable bonds is 4. The van der Waals surface area contributed by atoms with Crippen molar-refractivity contribution in [2.45, 2.75) is 20.0 Å². The van der Waals surface area contributed by atoms with Gasteiger partial charge in [-0.1, -0.05) is 41.4 Å². The van der Waals surface area contributed by atoms with Crippen molar-refractivity contribution in [2.24, 2.45) is 0 Å². The standard InChI is InChI=1S/C19H15Cl2NO3/c1-10-17(13-5-3-4-6-16(13)22-10)18(23)11(2)25-19(24)12-7-8-14(20)15(21)9-12/h3-9,11,22H,1-2H3/t11-/m1/s1. The second-order valence-electron chi connectivity index (χ2n) is 5.71. The number of nitrogens with one attached hydrogen (secondary N) is 1. The average Bonchev–Trinajstić information content (AvgIpc) is 2.92. The molecule has 0 fully saturated rings. The van der Waals surface area contributed by atoms with Gasteiger partial charge >= 0.3 is 5.97 Å². The lowest BCUT2D eigenvalue weighted by molar-refractivity contribution is 0.0319. The number of hydrogen-bond donors (Lipinski definition) is 1. The average molecular weight is 376 g/mol. The van der Waals surface area contributed by atoms with Gasteiger partial charge in [0.1, 0.15) is 0 Å². The predicted molar refractivity (Wildman–Crippen MR) is 98.7 cm³/mol. The molecule has 0 aliphatic heterocycles. The third-order valence-corrected chi connectivity index (χ3v) is 4.69. The Bertz CT molecular complexity index is 978. The molecular formula is C19H15Cl2NO3. The van der Waals surface area contributed by atoms with Crippen LogP contribution in [0.25, 0.3) is 10.9 Å². The Balaban J connectivity index is 1.83. The Labute approximate surface area is 154 Å². The van der Waals surface area contributed by atoms with Crippen LogP contribution in [0, 0.1) is 6.92 Å². The highest BCUT2D eigenvalue weighted by molar-refractivity contribution is 6.42. The predicted octanol–water partition coefficient (Wildman–Crippen LogP) is 5.21. The fourth-order valence-electron chi connectivity index (χ4n) is 2.70. The zero-order valence-corrected chi connectivity index (χ0v) is 15.1. The molecule has 2 aromatic carbocycles. The molecule has 0 unspecified atom stereocenters. The fourth-order valence-corrected chi connectivity index (χ4v) is 3.00. The van der Waals surface area contributed by atoms with Crippen LogP contribution in [0.5, 0.6) is 0 Å². The molecule has 0 spiro atoms. The summed E-state index contributed by atoms with van der Waals surface area (Å²) in [6, 6.07) is 11.9. The van der Waals surface area contributed by atoms with Gasteiger partial charge in [-0.2, -0.15) is 0 Å². The maximum absolute atomic E-state index is 12.8. The molecule has 128 valence electrons. The zero-order chi connectivity index (χ0) is 18.1. The third kappa shape index (κ3) is 3.41. The Morgan fingerprint density at radius 1 is 1.08 bits per heavy atom. The minimum atomic E-state index is -0.931. The molecule has 6 heteroatoms. The number of benzene rings is 2. The molecule has 0 amide bonds. The number of H-pyrrole nitrogens is 1. The first-order chi connectivity index (χ1) is 11.9. The second kappa shape index (κ2) is 6.90. The summed E-state index contributed by atoms with van der Waals surface area (Å²) < 4.78 is 5.32. The first kappa shape index (κ1) is 17.5. The van der Waals surface area contributed by atoms with Crippen molar-refractivity contribution in [2.75, 3.05) is 0 Å². The molecule has 0 saturated carbocycles. The Morgan fingerprint density at radius 2 is 1.80 bits per heavy atom. The monoisotopic (exact) mass is 375 g/mol. The van der Waals surface area contributed by atoms with Crippen LogP contribution in [0.4, 0.5) is 0 Å². The van der Waals surface area contributed by atoms with Gasteiger partial charge in [-0.05, 0) is 38.1 Å². The molecule has 0 saturated heterocycles. The lowest BCUT2D eigenvalue weighted by Gasteiger charge is -2.13. The van der Waals surface area contributed by atoms with Crippen LogP contribution < -0.4 is 0 Å². The number of carbonyl (C=O) groups excluding carboxylic acids is 2. The number of aromatic nitrogens is 1. The summed E-state index contributed by atoms with van der Waals surface area (Å²) in [4.78, 5) is 28.2. The van der Waals surface area contributed by atoms with Gasteiger partial charge < -0.3 is 9.72 Å². The maximum Gasteiger partial charge on any atom is 0.338 e. The molecule has 1 atom stereocenters. The van der Waals surface area contributed by atoms with Crippen LogP contribution in [0.1, 0.15) is 33.3 Å². The zero-order valence-electron chi connectivity index (χ0n) is 13.6. The van der Waals surface area contributed by atoms with Crippen molar-refractivity contribution in [3.8, 4) is 0 Å². The number of esters is 1. The largest absolute Gasteiger partial charge is 0.451 e. The van der Waals surface area contributed by atoms with E-state index in [9.17, 15) is 9.59 Å². The fraction of sp³-hybridized carbons (Fsp3) is 0.158. The Hall–Kier alpha value is -2.30. The molecule has 3 rings (SSSR count). The van der Waals surface area contributed by atoms with Gasteiger partial charge in [0.15, 0.2) is 6.10 Å². The molecule has 1 N–H and O–H groups in total. The van der Waals surface area contributed by atoms with E-state index in [4.69, 9.17) is 27.9 Å². The van der Waals surface area contributed by atoms with Gasteiger partial charge in [-0.3, -0.25) is 4.79 Å². The number of aromatic amines is 1. The number of fused-ring (bicyclic) bond motifs is 1. The van der Waals surface area contributed by atoms with Crippen molar-refractivity contribution < 1.29 is 14.3 Å². The second-order valence-corrected chi connectivity index (χ2v) is 6.53. The molecule has 1 aromatic heterocycles. The van der Waals surface area contributed by atoms with Crippen molar-refractivity contribution >= 4 is 45.9 Å².